The number of unbranched alkanes of at least 4 members (excludes halogenated alkanes) is 6. The van der Waals surface area contributed by atoms with Gasteiger partial charge in [0.2, 0.25) is 5.91 Å². The number of nitrogens with one attached hydrogen (secondary N) is 1. The summed E-state index contributed by atoms with van der Waals surface area (Å²) in [7, 11) is 0. The van der Waals surface area contributed by atoms with Crippen LogP contribution in [0.25, 0.3) is 32.3 Å². The Kier molecular flexibility index (Phi) is 11.6. The molecule has 0 aliphatic rings. The molecule has 236 valence electrons. The van der Waals surface area contributed by atoms with Crippen molar-refractivity contribution in [1.82, 2.24) is 5.32 Å². The van der Waals surface area contributed by atoms with E-state index in [4.69, 9.17) is 10.5 Å². The zero-order valence-corrected chi connectivity index (χ0v) is 26.5. The molecule has 0 aromatic heterocycles. The summed E-state index contributed by atoms with van der Waals surface area (Å²) in [5.41, 5.74) is 5.94. The highest BCUT2D eigenvalue weighted by Gasteiger charge is 2.28. The minimum atomic E-state index is -0.998. The summed E-state index contributed by atoms with van der Waals surface area (Å²) >= 11 is 0. The Hall–Kier alpha value is -3.71. The molecule has 2 atom stereocenters. The number of esters is 1. The average molecular weight is 601 g/mol. The van der Waals surface area contributed by atoms with Crippen molar-refractivity contribution in [1.29, 1.82) is 0 Å². The van der Waals surface area contributed by atoms with Gasteiger partial charge in [0, 0.05) is 6.42 Å². The summed E-state index contributed by atoms with van der Waals surface area (Å²) in [6.45, 7) is 6.25. The number of hydrogen-bond acceptors (Lipinski definition) is 5. The average Bonchev–Trinajstić information content (AvgIpc) is 2.98. The van der Waals surface area contributed by atoms with Crippen LogP contribution in [0, 0.1) is 0 Å². The van der Waals surface area contributed by atoms with Gasteiger partial charge in [-0.15, -0.1) is 0 Å². The zero-order chi connectivity index (χ0) is 31.7. The van der Waals surface area contributed by atoms with Gasteiger partial charge in [0.1, 0.15) is 11.6 Å². The van der Waals surface area contributed by atoms with E-state index < -0.39 is 17.6 Å². The minimum absolute atomic E-state index is 0.179. The van der Waals surface area contributed by atoms with Crippen LogP contribution in [-0.4, -0.2) is 41.1 Å². The second-order valence-corrected chi connectivity index (χ2v) is 13.0. The number of benzene rings is 4. The van der Waals surface area contributed by atoms with E-state index in [-0.39, 0.29) is 17.8 Å². The summed E-state index contributed by atoms with van der Waals surface area (Å²) in [6, 6.07) is 18.4. The Labute approximate surface area is 260 Å². The molecular formula is C37H48N2O5. The molecule has 0 aliphatic carbocycles. The lowest BCUT2D eigenvalue weighted by molar-refractivity contribution is -0.157. The van der Waals surface area contributed by atoms with Crippen molar-refractivity contribution in [3.8, 4) is 0 Å². The second kappa shape index (κ2) is 15.3. The molecule has 0 fully saturated rings. The normalized spacial score (nSPS) is 13.4. The van der Waals surface area contributed by atoms with Gasteiger partial charge in [-0.05, 0) is 97.3 Å². The van der Waals surface area contributed by atoms with Crippen LogP contribution in [0.5, 0.6) is 0 Å². The molecule has 4 aromatic carbocycles. The van der Waals surface area contributed by atoms with Crippen LogP contribution in [-0.2, 0) is 19.1 Å². The summed E-state index contributed by atoms with van der Waals surface area (Å²) in [5, 5.41) is 19.2. The first-order valence-electron chi connectivity index (χ1n) is 16.2. The van der Waals surface area contributed by atoms with Crippen LogP contribution in [0.1, 0.15) is 103 Å². The van der Waals surface area contributed by atoms with Gasteiger partial charge in [0.25, 0.3) is 0 Å². The molecule has 4 rings (SSSR count). The largest absolute Gasteiger partial charge is 0.480 e. The van der Waals surface area contributed by atoms with Crippen molar-refractivity contribution in [3.05, 3.63) is 60.2 Å². The van der Waals surface area contributed by atoms with Gasteiger partial charge in [-0.25, -0.2) is 4.79 Å². The lowest BCUT2D eigenvalue weighted by Crippen LogP contribution is -2.40. The van der Waals surface area contributed by atoms with Crippen LogP contribution in [0.2, 0.25) is 0 Å². The number of carboxylic acids is 1. The summed E-state index contributed by atoms with van der Waals surface area (Å²) in [4.78, 5) is 37.3. The van der Waals surface area contributed by atoms with Crippen LogP contribution in [0.3, 0.4) is 0 Å². The Balaban J connectivity index is 1.33. The van der Waals surface area contributed by atoms with Crippen LogP contribution < -0.4 is 11.1 Å². The number of ether oxygens (including phenoxy) is 1. The second-order valence-electron chi connectivity index (χ2n) is 13.0. The van der Waals surface area contributed by atoms with Gasteiger partial charge in [0.05, 0.1) is 5.92 Å². The molecule has 1 unspecified atom stereocenters. The van der Waals surface area contributed by atoms with Crippen LogP contribution in [0.15, 0.2) is 54.6 Å². The molecular weight excluding hydrogens is 552 g/mol. The van der Waals surface area contributed by atoms with E-state index in [1.54, 1.807) is 0 Å². The minimum Gasteiger partial charge on any atom is -0.480 e. The third kappa shape index (κ3) is 8.69. The molecule has 4 aromatic rings. The lowest BCUT2D eigenvalue weighted by atomic mass is 9.85. The molecule has 0 saturated carbocycles. The fraction of sp³-hybridized carbons (Fsp3) is 0.486. The molecule has 7 heteroatoms. The first kappa shape index (κ1) is 33.2. The predicted octanol–water partition coefficient (Wildman–Crippen LogP) is 7.83. The number of nitrogens with two attached hydrogens (primary N) is 1. The first-order valence-corrected chi connectivity index (χ1v) is 16.2. The molecule has 0 heterocycles. The standard InChI is InChI=1S/C37H48N2O5/c1-37(2,3)44-36(43)30(15-8-6-4-5-7-9-17-32(40)39-31(35(41)42)16-10-11-24-38)28-22-20-27-19-18-25-13-12-14-26-21-23-29(28)34(27)33(25)26/h12-14,18-23,30-31H,4-11,15-17,24,38H2,1-3H3,(H,39,40)(H,41,42)/t30?,31-/m0/s1. The van der Waals surface area contributed by atoms with E-state index in [0.717, 1.165) is 55.9 Å². The number of rotatable bonds is 17. The van der Waals surface area contributed by atoms with Gasteiger partial charge in [-0.1, -0.05) is 86.7 Å². The number of carbonyl (C=O) groups excluding carboxylic acids is 2. The van der Waals surface area contributed by atoms with Crippen molar-refractivity contribution in [3.63, 3.8) is 0 Å². The molecule has 0 aliphatic heterocycles. The van der Waals surface area contributed by atoms with Gasteiger partial charge in [-0.2, -0.15) is 0 Å². The van der Waals surface area contributed by atoms with E-state index in [2.05, 4.69) is 59.9 Å². The zero-order valence-electron chi connectivity index (χ0n) is 26.5. The summed E-state index contributed by atoms with van der Waals surface area (Å²) in [6.07, 6.45) is 8.38. The molecule has 4 N–H and O–H groups in total. The molecule has 0 saturated heterocycles. The van der Waals surface area contributed by atoms with Crippen LogP contribution >= 0.6 is 0 Å². The van der Waals surface area contributed by atoms with E-state index >= 15 is 0 Å². The molecule has 0 bridgehead atoms. The van der Waals surface area contributed by atoms with Crippen molar-refractivity contribution < 1.29 is 24.2 Å². The van der Waals surface area contributed by atoms with E-state index in [1.807, 2.05) is 20.8 Å². The highest BCUT2D eigenvalue weighted by Crippen LogP contribution is 2.39. The number of aliphatic carboxylic acids is 1. The predicted molar refractivity (Wildman–Crippen MR) is 178 cm³/mol. The fourth-order valence-corrected chi connectivity index (χ4v) is 6.19. The number of amides is 1. The lowest BCUT2D eigenvalue weighted by Gasteiger charge is -2.25. The quantitative estimate of drug-likeness (QED) is 0.0646. The maximum absolute atomic E-state index is 13.6. The highest BCUT2D eigenvalue weighted by atomic mass is 16.6. The molecule has 44 heavy (non-hydrogen) atoms. The molecule has 0 spiro atoms. The van der Waals surface area contributed by atoms with Crippen molar-refractivity contribution in [2.45, 2.75) is 109 Å². The SMILES string of the molecule is CC(C)(C)OC(=O)C(CCCCCCCCC(=O)N[C@@H](CCCCN)C(=O)O)c1ccc2ccc3cccc4ccc1c2c34. The monoisotopic (exact) mass is 600 g/mol. The number of hydrogen-bond donors (Lipinski definition) is 3. The first-order chi connectivity index (χ1) is 21.1. The number of carboxylic acid groups (broad SMARTS) is 1. The van der Waals surface area contributed by atoms with Crippen molar-refractivity contribution >= 4 is 50.2 Å². The third-order valence-corrected chi connectivity index (χ3v) is 8.36. The van der Waals surface area contributed by atoms with Gasteiger partial charge < -0.3 is 20.9 Å². The summed E-state index contributed by atoms with van der Waals surface area (Å²) in [5.74, 6) is -1.74. The van der Waals surface area contributed by atoms with Gasteiger partial charge in [-0.3, -0.25) is 9.59 Å². The van der Waals surface area contributed by atoms with Crippen molar-refractivity contribution in [2.24, 2.45) is 5.73 Å². The molecule has 0 radical (unpaired) electrons. The molecule has 1 amide bonds. The third-order valence-electron chi connectivity index (χ3n) is 8.36. The fourth-order valence-electron chi connectivity index (χ4n) is 6.19. The smallest absolute Gasteiger partial charge is 0.326 e. The van der Waals surface area contributed by atoms with Gasteiger partial charge >= 0.3 is 11.9 Å². The maximum Gasteiger partial charge on any atom is 0.326 e. The van der Waals surface area contributed by atoms with E-state index in [9.17, 15) is 19.5 Å². The van der Waals surface area contributed by atoms with Gasteiger partial charge in [0.15, 0.2) is 0 Å². The molecule has 7 nitrogen and oxygen atoms in total. The highest BCUT2D eigenvalue weighted by molar-refractivity contribution is 6.23. The topological polar surface area (TPSA) is 119 Å². The maximum atomic E-state index is 13.6. The van der Waals surface area contributed by atoms with Crippen molar-refractivity contribution in [2.75, 3.05) is 6.54 Å². The Morgan fingerprint density at radius 2 is 1.36 bits per heavy atom. The summed E-state index contributed by atoms with van der Waals surface area (Å²) < 4.78 is 5.93. The Morgan fingerprint density at radius 3 is 2.02 bits per heavy atom. The van der Waals surface area contributed by atoms with Crippen LogP contribution in [0.4, 0.5) is 0 Å². The Morgan fingerprint density at radius 1 is 0.773 bits per heavy atom. The van der Waals surface area contributed by atoms with E-state index in [1.165, 1.54) is 26.9 Å². The number of carbonyl (C=O) groups is 3. The Bertz CT molecular complexity index is 1540. The van der Waals surface area contributed by atoms with E-state index in [0.29, 0.717) is 32.2 Å².